The summed E-state index contributed by atoms with van der Waals surface area (Å²) in [6.45, 7) is 13.0. The van der Waals surface area contributed by atoms with Crippen LogP contribution in [0.5, 0.6) is 0 Å². The van der Waals surface area contributed by atoms with E-state index in [1.807, 2.05) is 48.5 Å². The Balaban J connectivity index is 1.86. The van der Waals surface area contributed by atoms with Gasteiger partial charge < -0.3 is 4.74 Å². The Morgan fingerprint density at radius 1 is 0.773 bits per heavy atom. The van der Waals surface area contributed by atoms with Crippen molar-refractivity contribution in [2.75, 3.05) is 11.5 Å². The van der Waals surface area contributed by atoms with Gasteiger partial charge in [-0.2, -0.15) is 4.80 Å². The van der Waals surface area contributed by atoms with E-state index in [4.69, 9.17) is 4.74 Å². The summed E-state index contributed by atoms with van der Waals surface area (Å²) in [5.74, 6) is -0.964. The third kappa shape index (κ3) is 9.73. The van der Waals surface area contributed by atoms with Crippen LogP contribution in [0, 0.1) is 0 Å². The predicted molar refractivity (Wildman–Crippen MR) is 177 cm³/mol. The minimum atomic E-state index is -0.928. The zero-order chi connectivity index (χ0) is 31.9. The van der Waals surface area contributed by atoms with Gasteiger partial charge in [0.25, 0.3) is 5.91 Å². The second kappa shape index (κ2) is 18.3. The second-order valence-electron chi connectivity index (χ2n) is 12.2. The molecule has 0 unspecified atom stereocenters. The number of anilines is 1. The molecule has 0 fully saturated rings. The Kier molecular flexibility index (Phi) is 14.5. The van der Waals surface area contributed by atoms with Crippen molar-refractivity contribution in [1.29, 1.82) is 0 Å². The number of hydrogen-bond acceptors (Lipinski definition) is 6. The molecule has 240 valence electrons. The molecular weight excluding hydrogens is 550 g/mol. The molecular formula is C36H53N5O3. The van der Waals surface area contributed by atoms with Gasteiger partial charge in [-0.25, -0.2) is 9.69 Å². The summed E-state index contributed by atoms with van der Waals surface area (Å²) in [4.78, 5) is 31.1. The van der Waals surface area contributed by atoms with E-state index >= 15 is 0 Å². The van der Waals surface area contributed by atoms with Gasteiger partial charge in [0, 0.05) is 0 Å². The molecule has 0 spiro atoms. The first-order valence-electron chi connectivity index (χ1n) is 16.8. The standard InChI is InChI=1S/C36H53N5O3/c1-7-9-10-11-12-13-14-15-16-20-26-40-38-34(37-39-40)32(29-22-18-17-19-23-29)35(42)41(36(43)44-8-2)33-30(27(3)4)24-21-25-31(33)28(5)6/h17-19,21-25,27-28,32H,7-16,20,26H2,1-6H3/t32-/m0/s1. The number of tetrazole rings is 1. The highest BCUT2D eigenvalue weighted by molar-refractivity contribution is 6.16. The van der Waals surface area contributed by atoms with E-state index in [1.54, 1.807) is 11.7 Å². The maximum atomic E-state index is 14.7. The number of unbranched alkanes of at least 4 members (excludes halogenated alkanes) is 9. The molecule has 44 heavy (non-hydrogen) atoms. The van der Waals surface area contributed by atoms with Crippen LogP contribution in [0.2, 0.25) is 0 Å². The maximum absolute atomic E-state index is 14.7. The van der Waals surface area contributed by atoms with Crippen LogP contribution in [0.1, 0.15) is 146 Å². The molecule has 0 saturated carbocycles. The van der Waals surface area contributed by atoms with Gasteiger partial charge in [-0.15, -0.1) is 10.2 Å². The number of hydrogen-bond donors (Lipinski definition) is 0. The van der Waals surface area contributed by atoms with Crippen molar-refractivity contribution in [3.63, 3.8) is 0 Å². The smallest absolute Gasteiger partial charge is 0.421 e. The van der Waals surface area contributed by atoms with Gasteiger partial charge in [0.15, 0.2) is 5.82 Å². The Bertz CT molecular complexity index is 1260. The van der Waals surface area contributed by atoms with E-state index in [2.05, 4.69) is 50.0 Å². The average Bonchev–Trinajstić information content (AvgIpc) is 3.47. The summed E-state index contributed by atoms with van der Waals surface area (Å²) in [7, 11) is 0. The van der Waals surface area contributed by atoms with Crippen LogP contribution in [-0.4, -0.2) is 38.8 Å². The molecule has 1 aromatic heterocycles. The molecule has 8 heteroatoms. The lowest BCUT2D eigenvalue weighted by molar-refractivity contribution is -0.118. The van der Waals surface area contributed by atoms with Crippen molar-refractivity contribution < 1.29 is 14.3 Å². The first-order valence-corrected chi connectivity index (χ1v) is 16.8. The molecule has 0 aliphatic heterocycles. The molecule has 8 nitrogen and oxygen atoms in total. The third-order valence-electron chi connectivity index (χ3n) is 8.05. The van der Waals surface area contributed by atoms with Gasteiger partial charge >= 0.3 is 6.09 Å². The summed E-state index contributed by atoms with van der Waals surface area (Å²) in [6, 6.07) is 15.3. The van der Waals surface area contributed by atoms with E-state index in [9.17, 15) is 9.59 Å². The van der Waals surface area contributed by atoms with Gasteiger partial charge in [0.1, 0.15) is 5.92 Å². The SMILES string of the molecule is CCCCCCCCCCCCn1nnc([C@@H](C(=O)N(C(=O)OCC)c2c(C(C)C)cccc2C(C)C)c2ccccc2)n1. The molecule has 0 aliphatic carbocycles. The monoisotopic (exact) mass is 603 g/mol. The number of benzene rings is 2. The van der Waals surface area contributed by atoms with Crippen molar-refractivity contribution in [2.45, 2.75) is 130 Å². The fraction of sp³-hybridized carbons (Fsp3) is 0.583. The minimum absolute atomic E-state index is 0.0728. The van der Waals surface area contributed by atoms with Crippen LogP contribution < -0.4 is 4.90 Å². The van der Waals surface area contributed by atoms with E-state index in [-0.39, 0.29) is 24.3 Å². The lowest BCUT2D eigenvalue weighted by Crippen LogP contribution is -2.42. The first-order chi connectivity index (χ1) is 21.3. The number of imide groups is 1. The molecule has 0 bridgehead atoms. The quantitative estimate of drug-likeness (QED) is 0.135. The van der Waals surface area contributed by atoms with Crippen molar-refractivity contribution in [3.05, 3.63) is 71.0 Å². The second-order valence-corrected chi connectivity index (χ2v) is 12.2. The van der Waals surface area contributed by atoms with E-state index in [1.165, 1.54) is 56.3 Å². The normalized spacial score (nSPS) is 12.1. The highest BCUT2D eigenvalue weighted by Gasteiger charge is 2.38. The van der Waals surface area contributed by atoms with E-state index < -0.39 is 17.9 Å². The fourth-order valence-corrected chi connectivity index (χ4v) is 5.63. The number of nitrogens with zero attached hydrogens (tertiary/aromatic N) is 5. The lowest BCUT2D eigenvalue weighted by atomic mass is 9.90. The summed E-state index contributed by atoms with van der Waals surface area (Å²) in [6.07, 6.45) is 11.7. The summed E-state index contributed by atoms with van der Waals surface area (Å²) < 4.78 is 5.50. The van der Waals surface area contributed by atoms with Gasteiger partial charge in [0.2, 0.25) is 0 Å². The number of ether oxygens (including phenoxy) is 1. The largest absolute Gasteiger partial charge is 0.449 e. The maximum Gasteiger partial charge on any atom is 0.421 e. The molecule has 0 saturated heterocycles. The third-order valence-corrected chi connectivity index (χ3v) is 8.05. The van der Waals surface area contributed by atoms with Gasteiger partial charge in [-0.05, 0) is 47.1 Å². The van der Waals surface area contributed by atoms with Gasteiger partial charge in [0.05, 0.1) is 18.8 Å². The molecule has 2 aromatic carbocycles. The first kappa shape index (κ1) is 34.9. The minimum Gasteiger partial charge on any atom is -0.449 e. The Hall–Kier alpha value is -3.55. The average molecular weight is 604 g/mol. The Labute approximate surface area is 264 Å². The number of carbonyl (C=O) groups excluding carboxylic acids is 2. The molecule has 0 radical (unpaired) electrons. The Morgan fingerprint density at radius 2 is 1.34 bits per heavy atom. The van der Waals surface area contributed by atoms with E-state index in [0.29, 0.717) is 17.8 Å². The summed E-state index contributed by atoms with van der Waals surface area (Å²) >= 11 is 0. The van der Waals surface area contributed by atoms with Crippen LogP contribution in [0.4, 0.5) is 10.5 Å². The topological polar surface area (TPSA) is 90.2 Å². The van der Waals surface area contributed by atoms with Crippen LogP contribution >= 0.6 is 0 Å². The molecule has 3 rings (SSSR count). The highest BCUT2D eigenvalue weighted by Crippen LogP contribution is 2.38. The Morgan fingerprint density at radius 3 is 1.89 bits per heavy atom. The fourth-order valence-electron chi connectivity index (χ4n) is 5.63. The van der Waals surface area contributed by atoms with Crippen LogP contribution in [0.25, 0.3) is 0 Å². The number of rotatable bonds is 18. The number of aromatic nitrogens is 4. The molecule has 3 aromatic rings. The van der Waals surface area contributed by atoms with Crippen molar-refractivity contribution in [1.82, 2.24) is 20.2 Å². The molecule has 0 N–H and O–H groups in total. The number of amides is 2. The summed E-state index contributed by atoms with van der Waals surface area (Å²) in [5.41, 5.74) is 3.09. The van der Waals surface area contributed by atoms with Crippen molar-refractivity contribution in [3.8, 4) is 0 Å². The molecule has 0 aliphatic rings. The number of para-hydroxylation sites is 1. The van der Waals surface area contributed by atoms with Gasteiger partial charge in [-0.1, -0.05) is 141 Å². The number of carbonyl (C=O) groups is 2. The van der Waals surface area contributed by atoms with Crippen LogP contribution in [0.3, 0.4) is 0 Å². The molecule has 1 heterocycles. The van der Waals surface area contributed by atoms with Crippen LogP contribution in [-0.2, 0) is 16.1 Å². The van der Waals surface area contributed by atoms with Crippen LogP contribution in [0.15, 0.2) is 48.5 Å². The lowest BCUT2D eigenvalue weighted by Gasteiger charge is -2.30. The zero-order valence-corrected chi connectivity index (χ0v) is 27.8. The summed E-state index contributed by atoms with van der Waals surface area (Å²) in [5, 5.41) is 13.3. The molecule has 2 amide bonds. The van der Waals surface area contributed by atoms with Gasteiger partial charge in [-0.3, -0.25) is 4.79 Å². The van der Waals surface area contributed by atoms with E-state index in [0.717, 1.165) is 24.0 Å². The predicted octanol–water partition coefficient (Wildman–Crippen LogP) is 9.16. The molecule has 1 atom stereocenters. The van der Waals surface area contributed by atoms with Crippen molar-refractivity contribution in [2.24, 2.45) is 0 Å². The van der Waals surface area contributed by atoms with Crippen molar-refractivity contribution >= 4 is 17.7 Å². The highest BCUT2D eigenvalue weighted by atomic mass is 16.6. The number of aryl methyl sites for hydroxylation is 1. The zero-order valence-electron chi connectivity index (χ0n) is 27.8.